The Kier molecular flexibility index (Phi) is 9.29. The van der Waals surface area contributed by atoms with Crippen LogP contribution in [-0.4, -0.2) is 29.3 Å². The van der Waals surface area contributed by atoms with Crippen LogP contribution < -0.4 is 5.32 Å². The first-order chi connectivity index (χ1) is 16.3. The van der Waals surface area contributed by atoms with Crippen LogP contribution in [0.4, 0.5) is 0 Å². The van der Waals surface area contributed by atoms with E-state index >= 15 is 0 Å². The van der Waals surface area contributed by atoms with Crippen molar-refractivity contribution in [2.24, 2.45) is 5.92 Å². The van der Waals surface area contributed by atoms with Crippen LogP contribution in [0.25, 0.3) is 0 Å². The third-order valence-electron chi connectivity index (χ3n) is 5.88. The van der Waals surface area contributed by atoms with E-state index in [2.05, 4.69) is 5.32 Å². The molecule has 34 heavy (non-hydrogen) atoms. The Morgan fingerprint density at radius 3 is 1.97 bits per heavy atom. The molecule has 3 aromatic carbocycles. The zero-order valence-electron chi connectivity index (χ0n) is 20.1. The van der Waals surface area contributed by atoms with E-state index in [1.54, 1.807) is 17.9 Å². The van der Waals surface area contributed by atoms with Crippen LogP contribution in [0, 0.1) is 5.92 Å². The van der Waals surface area contributed by atoms with E-state index in [0.29, 0.717) is 24.0 Å². The summed E-state index contributed by atoms with van der Waals surface area (Å²) in [6, 6.07) is 26.9. The van der Waals surface area contributed by atoms with Crippen LogP contribution >= 0.6 is 11.6 Å². The molecule has 3 aromatic rings. The quantitative estimate of drug-likeness (QED) is 0.387. The molecular formula is C29H33ClN2O2. The fraction of sp³-hybridized carbons (Fsp3) is 0.310. The molecule has 1 unspecified atom stereocenters. The van der Waals surface area contributed by atoms with Crippen LogP contribution in [0.5, 0.6) is 0 Å². The Bertz CT molecular complexity index is 1030. The molecule has 0 aliphatic carbocycles. The number of hydrogen-bond donors (Lipinski definition) is 1. The van der Waals surface area contributed by atoms with Crippen molar-refractivity contribution in [3.63, 3.8) is 0 Å². The lowest BCUT2D eigenvalue weighted by Crippen LogP contribution is -2.48. The highest BCUT2D eigenvalue weighted by molar-refractivity contribution is 6.30. The van der Waals surface area contributed by atoms with Crippen LogP contribution in [0.2, 0.25) is 5.02 Å². The highest BCUT2D eigenvalue weighted by Gasteiger charge is 2.29. The normalized spacial score (nSPS) is 11.9. The number of hydrogen-bond acceptors (Lipinski definition) is 2. The minimum atomic E-state index is -0.613. The first-order valence-corrected chi connectivity index (χ1v) is 12.1. The van der Waals surface area contributed by atoms with Crippen molar-refractivity contribution in [3.05, 3.63) is 107 Å². The van der Waals surface area contributed by atoms with Gasteiger partial charge in [-0.2, -0.15) is 0 Å². The lowest BCUT2D eigenvalue weighted by Gasteiger charge is -2.31. The molecule has 1 atom stereocenters. The standard InChI is InChI=1S/C29H33ClN2O2/c1-21(2)19-31-29(34)22(3)32(20-23-11-10-16-26(30)17-23)28(33)18-27(24-12-6-4-7-13-24)25-14-8-5-9-15-25/h4-17,21-22,27H,18-20H2,1-3H3,(H,31,34). The van der Waals surface area contributed by atoms with Crippen molar-refractivity contribution in [1.29, 1.82) is 0 Å². The molecule has 0 radical (unpaired) electrons. The van der Waals surface area contributed by atoms with E-state index in [1.807, 2.05) is 92.7 Å². The lowest BCUT2D eigenvalue weighted by atomic mass is 9.88. The van der Waals surface area contributed by atoms with Crippen LogP contribution in [0.15, 0.2) is 84.9 Å². The van der Waals surface area contributed by atoms with Gasteiger partial charge in [0.05, 0.1) is 0 Å². The summed E-state index contributed by atoms with van der Waals surface area (Å²) < 4.78 is 0. The summed E-state index contributed by atoms with van der Waals surface area (Å²) in [6.07, 6.45) is 0.260. The third-order valence-corrected chi connectivity index (χ3v) is 6.11. The number of nitrogens with zero attached hydrogens (tertiary/aromatic N) is 1. The molecule has 0 fully saturated rings. The fourth-order valence-electron chi connectivity index (χ4n) is 3.96. The van der Waals surface area contributed by atoms with Gasteiger partial charge in [-0.1, -0.05) is 98.2 Å². The molecule has 0 heterocycles. The summed E-state index contributed by atoms with van der Waals surface area (Å²) in [5.74, 6) is -0.0126. The van der Waals surface area contributed by atoms with Crippen molar-refractivity contribution in [3.8, 4) is 0 Å². The van der Waals surface area contributed by atoms with Crippen molar-refractivity contribution < 1.29 is 9.59 Å². The Labute approximate surface area is 207 Å². The van der Waals surface area contributed by atoms with E-state index in [0.717, 1.165) is 16.7 Å². The summed E-state index contributed by atoms with van der Waals surface area (Å²) in [6.45, 7) is 6.76. The molecule has 4 nitrogen and oxygen atoms in total. The number of carbonyl (C=O) groups excluding carboxylic acids is 2. The second-order valence-corrected chi connectivity index (χ2v) is 9.48. The van der Waals surface area contributed by atoms with Gasteiger partial charge in [0.25, 0.3) is 0 Å². The van der Waals surface area contributed by atoms with Crippen molar-refractivity contribution in [1.82, 2.24) is 10.2 Å². The molecule has 5 heteroatoms. The van der Waals surface area contributed by atoms with Gasteiger partial charge in [0, 0.05) is 30.5 Å². The van der Waals surface area contributed by atoms with Crippen LogP contribution in [0.3, 0.4) is 0 Å². The molecule has 0 spiro atoms. The number of rotatable bonds is 10. The minimum Gasteiger partial charge on any atom is -0.354 e. The van der Waals surface area contributed by atoms with E-state index in [1.165, 1.54) is 0 Å². The largest absolute Gasteiger partial charge is 0.354 e. The maximum absolute atomic E-state index is 13.8. The summed E-state index contributed by atoms with van der Waals surface area (Å²) in [5.41, 5.74) is 3.03. The zero-order valence-corrected chi connectivity index (χ0v) is 20.8. The summed E-state index contributed by atoms with van der Waals surface area (Å²) >= 11 is 6.20. The van der Waals surface area contributed by atoms with Crippen molar-refractivity contribution in [2.45, 2.75) is 45.7 Å². The monoisotopic (exact) mass is 476 g/mol. The van der Waals surface area contributed by atoms with Crippen molar-refractivity contribution >= 4 is 23.4 Å². The molecule has 0 aliphatic heterocycles. The fourth-order valence-corrected chi connectivity index (χ4v) is 4.17. The second-order valence-electron chi connectivity index (χ2n) is 9.04. The van der Waals surface area contributed by atoms with E-state index in [-0.39, 0.29) is 24.2 Å². The summed E-state index contributed by atoms with van der Waals surface area (Å²) in [5, 5.41) is 3.58. The van der Waals surface area contributed by atoms with E-state index < -0.39 is 6.04 Å². The predicted octanol–water partition coefficient (Wildman–Crippen LogP) is 6.05. The lowest BCUT2D eigenvalue weighted by molar-refractivity contribution is -0.140. The Hall–Kier alpha value is -3.11. The third kappa shape index (κ3) is 7.19. The van der Waals surface area contributed by atoms with Gasteiger partial charge in [-0.25, -0.2) is 0 Å². The van der Waals surface area contributed by atoms with E-state index in [4.69, 9.17) is 11.6 Å². The highest BCUT2D eigenvalue weighted by Crippen LogP contribution is 2.29. The number of amides is 2. The van der Waals surface area contributed by atoms with Gasteiger partial charge in [-0.05, 0) is 41.7 Å². The number of benzene rings is 3. The molecule has 0 saturated heterocycles. The molecule has 1 N–H and O–H groups in total. The minimum absolute atomic E-state index is 0.0788. The molecule has 3 rings (SSSR count). The first kappa shape index (κ1) is 25.5. The topological polar surface area (TPSA) is 49.4 Å². The van der Waals surface area contributed by atoms with Gasteiger partial charge in [-0.15, -0.1) is 0 Å². The Morgan fingerprint density at radius 1 is 0.853 bits per heavy atom. The highest BCUT2D eigenvalue weighted by atomic mass is 35.5. The smallest absolute Gasteiger partial charge is 0.242 e. The molecule has 0 aromatic heterocycles. The first-order valence-electron chi connectivity index (χ1n) is 11.8. The van der Waals surface area contributed by atoms with Crippen LogP contribution in [-0.2, 0) is 16.1 Å². The van der Waals surface area contributed by atoms with Gasteiger partial charge in [-0.3, -0.25) is 9.59 Å². The molecule has 0 bridgehead atoms. The van der Waals surface area contributed by atoms with Gasteiger partial charge in [0.1, 0.15) is 6.04 Å². The maximum atomic E-state index is 13.8. The molecule has 2 amide bonds. The average molecular weight is 477 g/mol. The summed E-state index contributed by atoms with van der Waals surface area (Å²) in [4.78, 5) is 28.4. The predicted molar refractivity (Wildman–Crippen MR) is 139 cm³/mol. The Morgan fingerprint density at radius 2 is 1.44 bits per heavy atom. The average Bonchev–Trinajstić information content (AvgIpc) is 2.85. The second kappa shape index (κ2) is 12.4. The zero-order chi connectivity index (χ0) is 24.5. The number of halogens is 1. The number of nitrogens with one attached hydrogen (secondary N) is 1. The Balaban J connectivity index is 1.89. The van der Waals surface area contributed by atoms with Gasteiger partial charge in [0.15, 0.2) is 0 Å². The molecule has 0 saturated carbocycles. The molecule has 178 valence electrons. The SMILES string of the molecule is CC(C)CNC(=O)C(C)N(Cc1cccc(Cl)c1)C(=O)CC(c1ccccc1)c1ccccc1. The number of carbonyl (C=O) groups is 2. The molecule has 0 aliphatic rings. The van der Waals surface area contributed by atoms with Gasteiger partial charge in [0.2, 0.25) is 11.8 Å². The maximum Gasteiger partial charge on any atom is 0.242 e. The summed E-state index contributed by atoms with van der Waals surface area (Å²) in [7, 11) is 0. The van der Waals surface area contributed by atoms with E-state index in [9.17, 15) is 9.59 Å². The molecular weight excluding hydrogens is 444 g/mol. The van der Waals surface area contributed by atoms with Gasteiger partial charge >= 0.3 is 0 Å². The van der Waals surface area contributed by atoms with Crippen LogP contribution in [0.1, 0.15) is 49.8 Å². The van der Waals surface area contributed by atoms with Gasteiger partial charge < -0.3 is 10.2 Å². The van der Waals surface area contributed by atoms with Crippen molar-refractivity contribution in [2.75, 3.05) is 6.54 Å².